The SMILES string of the molecule is CCOC(=O)C=COCC1COC2(CC(C)(C)N(C)C(C)(C)C2)O1. The fraction of sp³-hybridized carbons (Fsp3) is 0.833. The van der Waals surface area contributed by atoms with Crippen LogP contribution in [0.15, 0.2) is 12.3 Å². The number of nitrogens with zero attached hydrogens (tertiary/aromatic N) is 1. The number of esters is 1. The van der Waals surface area contributed by atoms with Gasteiger partial charge in [-0.15, -0.1) is 0 Å². The highest BCUT2D eigenvalue weighted by Gasteiger charge is 2.55. The lowest BCUT2D eigenvalue weighted by Crippen LogP contribution is -2.64. The van der Waals surface area contributed by atoms with Crippen molar-refractivity contribution in [2.24, 2.45) is 0 Å². The molecule has 0 bridgehead atoms. The molecule has 0 radical (unpaired) electrons. The number of carbonyl (C=O) groups excluding carboxylic acids is 1. The van der Waals surface area contributed by atoms with Gasteiger partial charge in [0.05, 0.1) is 25.6 Å². The van der Waals surface area contributed by atoms with Gasteiger partial charge in [-0.2, -0.15) is 0 Å². The first-order chi connectivity index (χ1) is 11.1. The van der Waals surface area contributed by atoms with Crippen LogP contribution >= 0.6 is 0 Å². The predicted octanol–water partition coefficient (Wildman–Crippen LogP) is 2.47. The van der Waals surface area contributed by atoms with E-state index in [0.29, 0.717) is 19.8 Å². The molecule has 2 aliphatic heterocycles. The summed E-state index contributed by atoms with van der Waals surface area (Å²) in [5, 5.41) is 0. The number of carbonyl (C=O) groups is 1. The predicted molar refractivity (Wildman–Crippen MR) is 90.4 cm³/mol. The highest BCUT2D eigenvalue weighted by atomic mass is 16.8. The van der Waals surface area contributed by atoms with Gasteiger partial charge in [0.2, 0.25) is 0 Å². The molecule has 0 aromatic carbocycles. The number of likely N-dealkylation sites (tertiary alicyclic amines) is 1. The fourth-order valence-electron chi connectivity index (χ4n) is 3.78. The van der Waals surface area contributed by atoms with Gasteiger partial charge < -0.3 is 18.9 Å². The molecular formula is C18H31NO5. The summed E-state index contributed by atoms with van der Waals surface area (Å²) in [4.78, 5) is 13.6. The quantitative estimate of drug-likeness (QED) is 0.435. The Labute approximate surface area is 145 Å². The maximum absolute atomic E-state index is 11.2. The molecule has 0 N–H and O–H groups in total. The first-order valence-corrected chi connectivity index (χ1v) is 8.61. The Morgan fingerprint density at radius 1 is 1.25 bits per heavy atom. The fourth-order valence-corrected chi connectivity index (χ4v) is 3.78. The van der Waals surface area contributed by atoms with Gasteiger partial charge in [0.25, 0.3) is 0 Å². The molecule has 2 fully saturated rings. The van der Waals surface area contributed by atoms with E-state index in [2.05, 4.69) is 39.6 Å². The van der Waals surface area contributed by atoms with Crippen molar-refractivity contribution in [1.29, 1.82) is 0 Å². The normalized spacial score (nSPS) is 28.3. The van der Waals surface area contributed by atoms with Crippen molar-refractivity contribution >= 4 is 5.97 Å². The molecule has 2 aliphatic rings. The smallest absolute Gasteiger partial charge is 0.333 e. The largest absolute Gasteiger partial charge is 0.498 e. The van der Waals surface area contributed by atoms with Gasteiger partial charge >= 0.3 is 5.97 Å². The van der Waals surface area contributed by atoms with Crippen LogP contribution in [0.3, 0.4) is 0 Å². The van der Waals surface area contributed by atoms with Crippen LogP contribution in [0.2, 0.25) is 0 Å². The van der Waals surface area contributed by atoms with E-state index in [1.807, 2.05) is 0 Å². The summed E-state index contributed by atoms with van der Waals surface area (Å²) >= 11 is 0. The van der Waals surface area contributed by atoms with E-state index in [1.165, 1.54) is 12.3 Å². The third-order valence-electron chi connectivity index (χ3n) is 5.00. The van der Waals surface area contributed by atoms with E-state index in [-0.39, 0.29) is 17.2 Å². The maximum atomic E-state index is 11.2. The monoisotopic (exact) mass is 341 g/mol. The third-order valence-corrected chi connectivity index (χ3v) is 5.00. The van der Waals surface area contributed by atoms with Crippen LogP contribution in [0.25, 0.3) is 0 Å². The molecule has 0 aromatic rings. The molecule has 1 atom stereocenters. The lowest BCUT2D eigenvalue weighted by molar-refractivity contribution is -0.243. The van der Waals surface area contributed by atoms with Crippen LogP contribution in [-0.4, -0.2) is 60.7 Å². The van der Waals surface area contributed by atoms with E-state index < -0.39 is 11.8 Å². The van der Waals surface area contributed by atoms with Gasteiger partial charge in [-0.3, -0.25) is 4.90 Å². The summed E-state index contributed by atoms with van der Waals surface area (Å²) in [7, 11) is 2.16. The van der Waals surface area contributed by atoms with Crippen LogP contribution < -0.4 is 0 Å². The van der Waals surface area contributed by atoms with Crippen LogP contribution in [0.1, 0.15) is 47.5 Å². The standard InChI is InChI=1S/C18H31NO5/c1-7-22-15(20)8-9-21-10-14-11-23-18(24-14)12-16(2,3)19(6)17(4,5)13-18/h8-9,14H,7,10-13H2,1-6H3. The molecule has 0 aliphatic carbocycles. The lowest BCUT2D eigenvalue weighted by atomic mass is 9.76. The third kappa shape index (κ3) is 4.29. The van der Waals surface area contributed by atoms with Crippen molar-refractivity contribution in [2.75, 3.05) is 26.9 Å². The van der Waals surface area contributed by atoms with Crippen LogP contribution in [0.4, 0.5) is 0 Å². The van der Waals surface area contributed by atoms with E-state index in [0.717, 1.165) is 12.8 Å². The molecule has 0 aromatic heterocycles. The van der Waals surface area contributed by atoms with Crippen LogP contribution in [-0.2, 0) is 23.7 Å². The Hall–Kier alpha value is -1.11. The summed E-state index contributed by atoms with van der Waals surface area (Å²) in [6, 6.07) is 0. The molecule has 2 heterocycles. The zero-order valence-corrected chi connectivity index (χ0v) is 15.8. The van der Waals surface area contributed by atoms with E-state index in [4.69, 9.17) is 18.9 Å². The average molecular weight is 341 g/mol. The second-order valence-corrected chi connectivity index (χ2v) is 7.89. The number of hydrogen-bond acceptors (Lipinski definition) is 6. The second kappa shape index (κ2) is 7.02. The summed E-state index contributed by atoms with van der Waals surface area (Å²) in [5.41, 5.74) is -0.0252. The van der Waals surface area contributed by atoms with E-state index in [9.17, 15) is 4.79 Å². The zero-order chi connectivity index (χ0) is 18.0. The molecule has 2 rings (SSSR count). The average Bonchev–Trinajstić information content (AvgIpc) is 2.83. The molecule has 0 amide bonds. The first-order valence-electron chi connectivity index (χ1n) is 8.61. The van der Waals surface area contributed by atoms with Crippen molar-refractivity contribution < 1.29 is 23.7 Å². The molecular weight excluding hydrogens is 310 g/mol. The Morgan fingerprint density at radius 3 is 2.46 bits per heavy atom. The molecule has 6 heteroatoms. The minimum atomic E-state index is -0.557. The Balaban J connectivity index is 1.89. The van der Waals surface area contributed by atoms with Gasteiger partial charge in [-0.1, -0.05) is 0 Å². The summed E-state index contributed by atoms with van der Waals surface area (Å²) in [5.74, 6) is -0.963. The highest BCUT2D eigenvalue weighted by Crippen LogP contribution is 2.47. The van der Waals surface area contributed by atoms with Gasteiger partial charge in [-0.05, 0) is 41.7 Å². The second-order valence-electron chi connectivity index (χ2n) is 7.89. The number of ether oxygens (including phenoxy) is 4. The summed E-state index contributed by atoms with van der Waals surface area (Å²) < 4.78 is 22.5. The number of hydrogen-bond donors (Lipinski definition) is 0. The van der Waals surface area contributed by atoms with Crippen molar-refractivity contribution in [2.45, 2.75) is 70.4 Å². The Bertz CT molecular complexity index is 468. The first kappa shape index (κ1) is 19.2. The highest BCUT2D eigenvalue weighted by molar-refractivity contribution is 5.81. The molecule has 1 unspecified atom stereocenters. The van der Waals surface area contributed by atoms with Gasteiger partial charge in [0, 0.05) is 23.9 Å². The minimum Gasteiger partial charge on any atom is -0.498 e. The number of piperidine rings is 1. The Kier molecular flexibility index (Phi) is 5.62. The van der Waals surface area contributed by atoms with Crippen LogP contribution in [0.5, 0.6) is 0 Å². The summed E-state index contributed by atoms with van der Waals surface area (Å²) in [6.07, 6.45) is 4.13. The van der Waals surface area contributed by atoms with Crippen molar-refractivity contribution in [1.82, 2.24) is 4.90 Å². The Morgan fingerprint density at radius 2 is 1.88 bits per heavy atom. The topological polar surface area (TPSA) is 57.2 Å². The lowest BCUT2D eigenvalue weighted by Gasteiger charge is -2.56. The van der Waals surface area contributed by atoms with Crippen LogP contribution in [0, 0.1) is 0 Å². The van der Waals surface area contributed by atoms with Gasteiger partial charge in [0.1, 0.15) is 12.7 Å². The van der Waals surface area contributed by atoms with Gasteiger partial charge in [0.15, 0.2) is 5.79 Å². The van der Waals surface area contributed by atoms with Crippen molar-refractivity contribution in [3.8, 4) is 0 Å². The zero-order valence-electron chi connectivity index (χ0n) is 15.8. The molecule has 2 saturated heterocycles. The van der Waals surface area contributed by atoms with Gasteiger partial charge in [-0.25, -0.2) is 4.79 Å². The molecule has 138 valence electrons. The minimum absolute atomic E-state index is 0.0126. The molecule has 24 heavy (non-hydrogen) atoms. The van der Waals surface area contributed by atoms with E-state index in [1.54, 1.807) is 6.92 Å². The maximum Gasteiger partial charge on any atom is 0.333 e. The molecule has 0 saturated carbocycles. The van der Waals surface area contributed by atoms with Crippen molar-refractivity contribution in [3.05, 3.63) is 12.3 Å². The molecule has 6 nitrogen and oxygen atoms in total. The summed E-state index contributed by atoms with van der Waals surface area (Å²) in [6.45, 7) is 11.8. The number of rotatable bonds is 5. The molecule has 1 spiro atoms. The van der Waals surface area contributed by atoms with E-state index >= 15 is 0 Å². The van der Waals surface area contributed by atoms with Crippen molar-refractivity contribution in [3.63, 3.8) is 0 Å².